The topological polar surface area (TPSA) is 24.9 Å². The summed E-state index contributed by atoms with van der Waals surface area (Å²) >= 11 is 6.26. The van der Waals surface area contributed by atoms with Crippen LogP contribution in [0.25, 0.3) is 10.9 Å². The van der Waals surface area contributed by atoms with E-state index in [0.29, 0.717) is 5.88 Å². The second kappa shape index (κ2) is 6.33. The molecule has 1 aliphatic carbocycles. The molecule has 0 aliphatic heterocycles. The number of aromatic nitrogens is 1. The summed E-state index contributed by atoms with van der Waals surface area (Å²) in [5.41, 5.74) is 2.26. The van der Waals surface area contributed by atoms with Gasteiger partial charge in [0.2, 0.25) is 0 Å². The number of para-hydroxylation sites is 1. The third-order valence-electron chi connectivity index (χ3n) is 4.79. The van der Waals surface area contributed by atoms with E-state index in [2.05, 4.69) is 36.5 Å². The summed E-state index contributed by atoms with van der Waals surface area (Å²) in [6.07, 6.45) is 4.88. The van der Waals surface area contributed by atoms with Crippen LogP contribution in [0.1, 0.15) is 38.3 Å². The lowest BCUT2D eigenvalue weighted by Gasteiger charge is -2.39. The summed E-state index contributed by atoms with van der Waals surface area (Å²) in [4.78, 5) is 4.73. The Morgan fingerprint density at radius 2 is 1.95 bits per heavy atom. The molecule has 0 radical (unpaired) electrons. The van der Waals surface area contributed by atoms with E-state index in [1.54, 1.807) is 0 Å². The van der Waals surface area contributed by atoms with Crippen LogP contribution in [0, 0.1) is 5.92 Å². The van der Waals surface area contributed by atoms with Crippen molar-refractivity contribution in [3.63, 3.8) is 0 Å². The number of halogens is 1. The lowest BCUT2D eigenvalue weighted by Crippen LogP contribution is -2.49. The van der Waals surface area contributed by atoms with Crippen LogP contribution in [0.3, 0.4) is 0 Å². The van der Waals surface area contributed by atoms with Crippen LogP contribution >= 0.6 is 11.6 Å². The fourth-order valence-electron chi connectivity index (χ4n) is 3.16. The number of pyridine rings is 1. The largest absolute Gasteiger partial charge is 0.304 e. The van der Waals surface area contributed by atoms with E-state index in [1.165, 1.54) is 31.1 Å². The number of benzene rings is 1. The van der Waals surface area contributed by atoms with Gasteiger partial charge in [0.15, 0.2) is 0 Å². The van der Waals surface area contributed by atoms with Crippen molar-refractivity contribution < 1.29 is 0 Å². The van der Waals surface area contributed by atoms with Crippen LogP contribution in [0.2, 0.25) is 0 Å². The lowest BCUT2D eigenvalue weighted by atomic mass is 9.78. The van der Waals surface area contributed by atoms with Gasteiger partial charge in [0, 0.05) is 23.3 Å². The Hall–Kier alpha value is -1.12. The maximum absolute atomic E-state index is 6.26. The molecule has 0 spiro atoms. The second-order valence-corrected chi connectivity index (χ2v) is 6.71. The second-order valence-electron chi connectivity index (χ2n) is 6.45. The molecule has 112 valence electrons. The number of fused-ring (bicyclic) bond motifs is 1. The molecule has 1 aromatic carbocycles. The molecule has 21 heavy (non-hydrogen) atoms. The minimum Gasteiger partial charge on any atom is -0.304 e. The Morgan fingerprint density at radius 1 is 1.19 bits per heavy atom. The van der Waals surface area contributed by atoms with Crippen LogP contribution in [0.4, 0.5) is 0 Å². The Balaban J connectivity index is 1.70. The quantitative estimate of drug-likeness (QED) is 0.840. The van der Waals surface area contributed by atoms with Crippen LogP contribution in [0.5, 0.6) is 0 Å². The highest BCUT2D eigenvalue weighted by Crippen LogP contribution is 2.33. The molecule has 1 aliphatic rings. The molecule has 0 unspecified atom stereocenters. The summed E-state index contributed by atoms with van der Waals surface area (Å²) < 4.78 is 0. The molecule has 1 fully saturated rings. The van der Waals surface area contributed by atoms with Gasteiger partial charge in [-0.15, -0.1) is 11.6 Å². The molecule has 3 rings (SSSR count). The maximum atomic E-state index is 6.26. The molecular weight excluding hydrogens is 280 g/mol. The van der Waals surface area contributed by atoms with Gasteiger partial charge in [0.1, 0.15) is 0 Å². The molecule has 0 amide bonds. The Morgan fingerprint density at radius 3 is 2.71 bits per heavy atom. The van der Waals surface area contributed by atoms with Crippen molar-refractivity contribution in [2.24, 2.45) is 5.92 Å². The van der Waals surface area contributed by atoms with Crippen LogP contribution in [-0.4, -0.2) is 16.4 Å². The molecule has 0 atom stereocenters. The fraction of sp³-hybridized carbons (Fsp3) is 0.500. The Bertz CT molecular complexity index is 603. The minimum absolute atomic E-state index is 0.0986. The molecule has 0 saturated heterocycles. The number of rotatable bonds is 4. The zero-order chi connectivity index (χ0) is 14.7. The predicted molar refractivity (Wildman–Crippen MR) is 89.7 cm³/mol. The van der Waals surface area contributed by atoms with E-state index in [9.17, 15) is 0 Å². The van der Waals surface area contributed by atoms with Gasteiger partial charge in [0.05, 0.1) is 11.2 Å². The first-order chi connectivity index (χ1) is 10.2. The van der Waals surface area contributed by atoms with Gasteiger partial charge < -0.3 is 5.32 Å². The molecule has 2 aromatic rings. The van der Waals surface area contributed by atoms with E-state index in [-0.39, 0.29) is 5.54 Å². The number of nitrogens with zero attached hydrogens (tertiary/aromatic N) is 1. The third kappa shape index (κ3) is 3.38. The van der Waals surface area contributed by atoms with Crippen molar-refractivity contribution in [2.75, 3.05) is 5.88 Å². The lowest BCUT2D eigenvalue weighted by molar-refractivity contribution is 0.215. The van der Waals surface area contributed by atoms with Crippen molar-refractivity contribution in [1.29, 1.82) is 0 Å². The number of nitrogens with one attached hydrogen (secondary N) is 1. The van der Waals surface area contributed by atoms with E-state index < -0.39 is 0 Å². The van der Waals surface area contributed by atoms with Gasteiger partial charge in [-0.05, 0) is 43.7 Å². The summed E-state index contributed by atoms with van der Waals surface area (Å²) in [5, 5.41) is 4.89. The SMILES string of the molecule is CC1CCC(CCl)(NCc2ccc3ccccc3n2)CC1. The van der Waals surface area contributed by atoms with Gasteiger partial charge in [-0.3, -0.25) is 4.98 Å². The average molecular weight is 303 g/mol. The summed E-state index contributed by atoms with van der Waals surface area (Å²) in [6.45, 7) is 3.13. The van der Waals surface area contributed by atoms with Crippen LogP contribution in [-0.2, 0) is 6.54 Å². The Kier molecular flexibility index (Phi) is 4.46. The number of hydrogen-bond donors (Lipinski definition) is 1. The number of alkyl halides is 1. The van der Waals surface area contributed by atoms with Crippen molar-refractivity contribution >= 4 is 22.5 Å². The standard InChI is InChI=1S/C18H23ClN2/c1-14-8-10-18(13-19,11-9-14)20-12-16-7-6-15-4-2-3-5-17(15)21-16/h2-7,14,20H,8-13H2,1H3. The van der Waals surface area contributed by atoms with Gasteiger partial charge in [0.25, 0.3) is 0 Å². The average Bonchev–Trinajstić information content (AvgIpc) is 2.55. The zero-order valence-corrected chi connectivity index (χ0v) is 13.4. The first kappa shape index (κ1) is 14.8. The van der Waals surface area contributed by atoms with Gasteiger partial charge in [-0.25, -0.2) is 0 Å². The Labute approximate surface area is 131 Å². The van der Waals surface area contributed by atoms with E-state index in [1.807, 2.05) is 12.1 Å². The van der Waals surface area contributed by atoms with E-state index in [0.717, 1.165) is 23.7 Å². The van der Waals surface area contributed by atoms with Crippen molar-refractivity contribution in [3.05, 3.63) is 42.1 Å². The molecule has 1 heterocycles. The first-order valence-corrected chi connectivity index (χ1v) is 8.40. The van der Waals surface area contributed by atoms with Crippen molar-refractivity contribution in [1.82, 2.24) is 10.3 Å². The molecular formula is C18H23ClN2. The highest BCUT2D eigenvalue weighted by molar-refractivity contribution is 6.18. The van der Waals surface area contributed by atoms with E-state index in [4.69, 9.17) is 16.6 Å². The van der Waals surface area contributed by atoms with Gasteiger partial charge >= 0.3 is 0 Å². The molecule has 2 nitrogen and oxygen atoms in total. The van der Waals surface area contributed by atoms with Crippen molar-refractivity contribution in [3.8, 4) is 0 Å². The summed E-state index contributed by atoms with van der Waals surface area (Å²) in [6, 6.07) is 12.5. The molecule has 0 bridgehead atoms. The van der Waals surface area contributed by atoms with Gasteiger partial charge in [-0.1, -0.05) is 31.2 Å². The molecule has 1 N–H and O–H groups in total. The van der Waals surface area contributed by atoms with Crippen LogP contribution in [0.15, 0.2) is 36.4 Å². The maximum Gasteiger partial charge on any atom is 0.0705 e. The fourth-order valence-corrected chi connectivity index (χ4v) is 3.52. The number of hydrogen-bond acceptors (Lipinski definition) is 2. The highest BCUT2D eigenvalue weighted by atomic mass is 35.5. The highest BCUT2D eigenvalue weighted by Gasteiger charge is 2.32. The monoisotopic (exact) mass is 302 g/mol. The first-order valence-electron chi connectivity index (χ1n) is 7.86. The third-order valence-corrected chi connectivity index (χ3v) is 5.30. The zero-order valence-electron chi connectivity index (χ0n) is 12.6. The normalized spacial score (nSPS) is 26.1. The smallest absolute Gasteiger partial charge is 0.0705 e. The summed E-state index contributed by atoms with van der Waals surface area (Å²) in [7, 11) is 0. The summed E-state index contributed by atoms with van der Waals surface area (Å²) in [5.74, 6) is 1.52. The predicted octanol–water partition coefficient (Wildman–Crippen LogP) is 4.51. The van der Waals surface area contributed by atoms with Crippen LogP contribution < -0.4 is 5.32 Å². The molecule has 3 heteroatoms. The van der Waals surface area contributed by atoms with Gasteiger partial charge in [-0.2, -0.15) is 0 Å². The minimum atomic E-state index is 0.0986. The van der Waals surface area contributed by atoms with Crippen molar-refractivity contribution in [2.45, 2.75) is 44.7 Å². The van der Waals surface area contributed by atoms with E-state index >= 15 is 0 Å². The molecule has 1 aromatic heterocycles. The molecule has 1 saturated carbocycles.